The minimum absolute atomic E-state index is 0.106. The Bertz CT molecular complexity index is 1070. The topological polar surface area (TPSA) is 65.7 Å². The van der Waals surface area contributed by atoms with Gasteiger partial charge in [-0.05, 0) is 50.2 Å². The summed E-state index contributed by atoms with van der Waals surface area (Å²) < 4.78 is 5.45. The van der Waals surface area contributed by atoms with Gasteiger partial charge in [-0.25, -0.2) is 0 Å². The molecular weight excluding hydrogens is 438 g/mol. The summed E-state index contributed by atoms with van der Waals surface area (Å²) in [5, 5.41) is 4.73. The number of para-hydroxylation sites is 1. The van der Waals surface area contributed by atoms with Crippen molar-refractivity contribution in [2.24, 2.45) is 5.92 Å². The smallest absolute Gasteiger partial charge is 0.241 e. The number of rotatable bonds is 5. The zero-order chi connectivity index (χ0) is 22.6. The number of anilines is 1. The van der Waals surface area contributed by atoms with Crippen molar-refractivity contribution < 1.29 is 9.32 Å². The van der Waals surface area contributed by atoms with Crippen molar-refractivity contribution in [3.05, 3.63) is 65.5 Å². The number of likely N-dealkylation sites (tertiary alicyclic amines) is 1. The fourth-order valence-corrected chi connectivity index (χ4v) is 4.87. The number of halogens is 1. The molecule has 1 aromatic heterocycles. The van der Waals surface area contributed by atoms with Crippen LogP contribution in [0, 0.1) is 5.92 Å². The van der Waals surface area contributed by atoms with E-state index in [1.165, 1.54) is 5.69 Å². The first-order valence-electron chi connectivity index (χ1n) is 11.6. The van der Waals surface area contributed by atoms with E-state index in [9.17, 15) is 4.79 Å². The van der Waals surface area contributed by atoms with Crippen molar-refractivity contribution in [3.63, 3.8) is 0 Å². The largest absolute Gasteiger partial charge is 0.368 e. The van der Waals surface area contributed by atoms with Crippen molar-refractivity contribution >= 4 is 23.2 Å². The summed E-state index contributed by atoms with van der Waals surface area (Å²) in [5.41, 5.74) is 2.08. The quantitative estimate of drug-likeness (QED) is 0.568. The highest BCUT2D eigenvalue weighted by Crippen LogP contribution is 2.24. The van der Waals surface area contributed by atoms with Crippen molar-refractivity contribution in [1.82, 2.24) is 19.9 Å². The van der Waals surface area contributed by atoms with E-state index in [0.717, 1.165) is 57.7 Å². The molecule has 0 aliphatic carbocycles. The van der Waals surface area contributed by atoms with Crippen LogP contribution in [0.3, 0.4) is 0 Å². The summed E-state index contributed by atoms with van der Waals surface area (Å²) in [6, 6.07) is 17.9. The lowest BCUT2D eigenvalue weighted by atomic mass is 9.95. The number of benzene rings is 2. The molecule has 0 N–H and O–H groups in total. The number of piperidine rings is 1. The Balaban J connectivity index is 1.09. The van der Waals surface area contributed by atoms with E-state index < -0.39 is 0 Å². The molecule has 0 atom stereocenters. The summed E-state index contributed by atoms with van der Waals surface area (Å²) in [6.07, 6.45) is 1.74. The van der Waals surface area contributed by atoms with Crippen LogP contribution in [0.15, 0.2) is 59.1 Å². The molecule has 1 amide bonds. The highest BCUT2D eigenvalue weighted by Gasteiger charge is 2.31. The molecule has 0 spiro atoms. The molecule has 0 saturated carbocycles. The molecule has 2 aliphatic heterocycles. The van der Waals surface area contributed by atoms with Gasteiger partial charge in [0.05, 0.1) is 6.54 Å². The number of piperazine rings is 1. The van der Waals surface area contributed by atoms with Gasteiger partial charge in [-0.1, -0.05) is 47.1 Å². The molecule has 0 bridgehead atoms. The van der Waals surface area contributed by atoms with Crippen molar-refractivity contribution in [1.29, 1.82) is 0 Å². The molecular formula is C25H28ClN5O2. The number of hydrogen-bond donors (Lipinski definition) is 0. The van der Waals surface area contributed by atoms with Crippen LogP contribution in [-0.4, -0.2) is 65.1 Å². The van der Waals surface area contributed by atoms with Gasteiger partial charge < -0.3 is 14.3 Å². The Hall–Kier alpha value is -2.90. The SMILES string of the molecule is O=C(C1CCN(Cc2nc(-c3cccc(Cl)c3)no2)CC1)N1CCN(c2ccccc2)CC1. The van der Waals surface area contributed by atoms with Crippen molar-refractivity contribution in [3.8, 4) is 11.4 Å². The maximum absolute atomic E-state index is 13.1. The third kappa shape index (κ3) is 5.20. The number of amides is 1. The van der Waals surface area contributed by atoms with Gasteiger partial charge in [0, 0.05) is 48.4 Å². The first kappa shape index (κ1) is 21.9. The Kier molecular flexibility index (Phi) is 6.60. The number of carbonyl (C=O) groups excluding carboxylic acids is 1. The third-order valence-electron chi connectivity index (χ3n) is 6.56. The lowest BCUT2D eigenvalue weighted by molar-refractivity contribution is -0.137. The van der Waals surface area contributed by atoms with Crippen molar-refractivity contribution in [2.75, 3.05) is 44.2 Å². The summed E-state index contributed by atoms with van der Waals surface area (Å²) in [4.78, 5) is 24.3. The molecule has 2 saturated heterocycles. The molecule has 0 radical (unpaired) electrons. The molecule has 2 fully saturated rings. The second-order valence-corrected chi connectivity index (χ2v) is 9.16. The summed E-state index contributed by atoms with van der Waals surface area (Å²) in [7, 11) is 0. The van der Waals surface area contributed by atoms with E-state index in [2.05, 4.69) is 49.1 Å². The third-order valence-corrected chi connectivity index (χ3v) is 6.79. The Labute approximate surface area is 198 Å². The monoisotopic (exact) mass is 465 g/mol. The maximum Gasteiger partial charge on any atom is 0.241 e. The van der Waals surface area contributed by atoms with E-state index in [-0.39, 0.29) is 5.92 Å². The van der Waals surface area contributed by atoms with Crippen LogP contribution >= 0.6 is 11.6 Å². The van der Waals surface area contributed by atoms with Gasteiger partial charge in [0.2, 0.25) is 17.6 Å². The molecule has 7 nitrogen and oxygen atoms in total. The van der Waals surface area contributed by atoms with E-state index in [1.807, 2.05) is 30.3 Å². The van der Waals surface area contributed by atoms with Gasteiger partial charge >= 0.3 is 0 Å². The molecule has 172 valence electrons. The zero-order valence-electron chi connectivity index (χ0n) is 18.6. The molecule has 2 aromatic carbocycles. The van der Waals surface area contributed by atoms with Crippen molar-refractivity contribution in [2.45, 2.75) is 19.4 Å². The fraction of sp³-hybridized carbons (Fsp3) is 0.400. The van der Waals surface area contributed by atoms with Crippen LogP contribution in [0.5, 0.6) is 0 Å². The summed E-state index contributed by atoms with van der Waals surface area (Å²) in [5.74, 6) is 1.55. The van der Waals surface area contributed by atoms with E-state index in [0.29, 0.717) is 29.2 Å². The van der Waals surface area contributed by atoms with Gasteiger partial charge in [-0.2, -0.15) is 4.98 Å². The molecule has 3 aromatic rings. The number of carbonyl (C=O) groups is 1. The summed E-state index contributed by atoms with van der Waals surface area (Å²) >= 11 is 6.06. The Morgan fingerprint density at radius 3 is 2.45 bits per heavy atom. The van der Waals surface area contributed by atoms with Gasteiger partial charge in [0.15, 0.2) is 0 Å². The molecule has 3 heterocycles. The second kappa shape index (κ2) is 9.93. The van der Waals surface area contributed by atoms with Gasteiger partial charge in [0.1, 0.15) is 0 Å². The van der Waals surface area contributed by atoms with Crippen LogP contribution in [0.2, 0.25) is 5.02 Å². The van der Waals surface area contributed by atoms with E-state index in [1.54, 1.807) is 0 Å². The van der Waals surface area contributed by atoms with E-state index >= 15 is 0 Å². The number of hydrogen-bond acceptors (Lipinski definition) is 6. The minimum atomic E-state index is 0.106. The predicted octanol–water partition coefficient (Wildman–Crippen LogP) is 3.95. The lowest BCUT2D eigenvalue weighted by Gasteiger charge is -2.39. The van der Waals surface area contributed by atoms with Gasteiger partial charge in [0.25, 0.3) is 0 Å². The molecule has 5 rings (SSSR count). The minimum Gasteiger partial charge on any atom is -0.368 e. The number of nitrogens with zero attached hydrogens (tertiary/aromatic N) is 5. The van der Waals surface area contributed by atoms with Crippen LogP contribution in [0.25, 0.3) is 11.4 Å². The lowest BCUT2D eigenvalue weighted by Crippen LogP contribution is -2.51. The normalized spacial score (nSPS) is 18.0. The Morgan fingerprint density at radius 1 is 0.970 bits per heavy atom. The van der Waals surface area contributed by atoms with Crippen LogP contribution in [0.1, 0.15) is 18.7 Å². The van der Waals surface area contributed by atoms with Crippen LogP contribution < -0.4 is 4.90 Å². The highest BCUT2D eigenvalue weighted by atomic mass is 35.5. The highest BCUT2D eigenvalue weighted by molar-refractivity contribution is 6.30. The maximum atomic E-state index is 13.1. The molecule has 2 aliphatic rings. The van der Waals surface area contributed by atoms with Crippen LogP contribution in [0.4, 0.5) is 5.69 Å². The predicted molar refractivity (Wildman–Crippen MR) is 128 cm³/mol. The molecule has 0 unspecified atom stereocenters. The average molecular weight is 466 g/mol. The van der Waals surface area contributed by atoms with E-state index in [4.69, 9.17) is 16.1 Å². The first-order chi connectivity index (χ1) is 16.2. The van der Waals surface area contributed by atoms with Crippen LogP contribution in [-0.2, 0) is 11.3 Å². The average Bonchev–Trinajstić information content (AvgIpc) is 3.33. The number of aromatic nitrogens is 2. The Morgan fingerprint density at radius 2 is 1.73 bits per heavy atom. The van der Waals surface area contributed by atoms with Gasteiger partial charge in [-0.15, -0.1) is 0 Å². The standard InChI is InChI=1S/C25H28ClN5O2/c26-21-6-4-5-20(17-21)24-27-23(33-28-24)18-29-11-9-19(10-12-29)25(32)31-15-13-30(14-16-31)22-7-2-1-3-8-22/h1-8,17,19H,9-16,18H2. The fourth-order valence-electron chi connectivity index (χ4n) is 4.68. The van der Waals surface area contributed by atoms with Gasteiger partial charge in [-0.3, -0.25) is 9.69 Å². The first-order valence-corrected chi connectivity index (χ1v) is 11.9. The second-order valence-electron chi connectivity index (χ2n) is 8.72. The molecule has 8 heteroatoms. The molecule has 33 heavy (non-hydrogen) atoms. The zero-order valence-corrected chi connectivity index (χ0v) is 19.3. The summed E-state index contributed by atoms with van der Waals surface area (Å²) in [6.45, 7) is 5.68.